The lowest BCUT2D eigenvalue weighted by Crippen LogP contribution is -2.63. The van der Waals surface area contributed by atoms with Gasteiger partial charge in [-0.05, 0) is 36.2 Å². The Balaban J connectivity index is 2.29. The van der Waals surface area contributed by atoms with E-state index in [0.29, 0.717) is 6.54 Å². The van der Waals surface area contributed by atoms with Crippen molar-refractivity contribution in [3.8, 4) is 0 Å². The van der Waals surface area contributed by atoms with Crippen molar-refractivity contribution in [2.24, 2.45) is 5.73 Å². The molecule has 1 aliphatic heterocycles. The summed E-state index contributed by atoms with van der Waals surface area (Å²) < 4.78 is 0. The zero-order valence-electron chi connectivity index (χ0n) is 11.2. The summed E-state index contributed by atoms with van der Waals surface area (Å²) in [6.07, 6.45) is 0. The zero-order valence-corrected chi connectivity index (χ0v) is 12.0. The van der Waals surface area contributed by atoms with Crippen molar-refractivity contribution in [2.75, 3.05) is 26.7 Å². The van der Waals surface area contributed by atoms with E-state index >= 15 is 0 Å². The first-order valence-electron chi connectivity index (χ1n) is 6.23. The molecule has 0 radical (unpaired) electrons. The molecule has 1 aliphatic rings. The maximum absolute atomic E-state index is 12.3. The van der Waals surface area contributed by atoms with E-state index in [4.69, 9.17) is 5.73 Å². The van der Waals surface area contributed by atoms with Crippen LogP contribution in [0.2, 0.25) is 0 Å². The molecule has 0 aromatic carbocycles. The van der Waals surface area contributed by atoms with Gasteiger partial charge in [-0.25, -0.2) is 0 Å². The highest BCUT2D eigenvalue weighted by molar-refractivity contribution is 7.07. The van der Waals surface area contributed by atoms with E-state index in [1.807, 2.05) is 20.9 Å². The van der Waals surface area contributed by atoms with Gasteiger partial charge < -0.3 is 10.6 Å². The maximum Gasteiger partial charge on any atom is 0.242 e. The van der Waals surface area contributed by atoms with E-state index in [1.54, 1.807) is 16.2 Å². The summed E-state index contributed by atoms with van der Waals surface area (Å²) in [5.41, 5.74) is 6.66. The molecule has 1 aromatic heterocycles. The minimum absolute atomic E-state index is 0.129. The molecule has 1 fully saturated rings. The van der Waals surface area contributed by atoms with Crippen molar-refractivity contribution < 1.29 is 4.79 Å². The summed E-state index contributed by atoms with van der Waals surface area (Å²) in [5, 5.41) is 4.18. The molecule has 1 aromatic rings. The topological polar surface area (TPSA) is 49.6 Å². The lowest BCUT2D eigenvalue weighted by molar-refractivity contribution is -0.149. The second-order valence-electron chi connectivity index (χ2n) is 5.29. The molecule has 0 bridgehead atoms. The first-order chi connectivity index (χ1) is 8.48. The number of hydrogen-bond donors (Lipinski definition) is 1. The van der Waals surface area contributed by atoms with Crippen LogP contribution in [-0.4, -0.2) is 47.9 Å². The number of thiophene rings is 1. The summed E-state index contributed by atoms with van der Waals surface area (Å²) in [6.45, 7) is 6.15. The molecule has 4 nitrogen and oxygen atoms in total. The van der Waals surface area contributed by atoms with Crippen LogP contribution in [0.15, 0.2) is 16.8 Å². The number of rotatable bonds is 3. The second-order valence-corrected chi connectivity index (χ2v) is 6.07. The molecule has 2 N–H and O–H groups in total. The Bertz CT molecular complexity index is 416. The lowest BCUT2D eigenvalue weighted by atomic mass is 9.93. The van der Waals surface area contributed by atoms with E-state index in [-0.39, 0.29) is 11.9 Å². The smallest absolute Gasteiger partial charge is 0.242 e. The molecule has 2 heterocycles. The molecular formula is C13H21N3OS. The molecule has 1 saturated heterocycles. The third-order valence-electron chi connectivity index (χ3n) is 3.79. The van der Waals surface area contributed by atoms with Crippen LogP contribution in [0.25, 0.3) is 0 Å². The molecule has 0 spiro atoms. The predicted octanol–water partition coefficient (Wildman–Crippen LogP) is 1.30. The number of carbonyl (C=O) groups is 1. The fraction of sp³-hybridized carbons (Fsp3) is 0.615. The van der Waals surface area contributed by atoms with Gasteiger partial charge in [-0.2, -0.15) is 11.3 Å². The fourth-order valence-electron chi connectivity index (χ4n) is 2.68. The van der Waals surface area contributed by atoms with E-state index < -0.39 is 5.54 Å². The average Bonchev–Trinajstić information content (AvgIpc) is 2.84. The standard InChI is InChI=1S/C13H21N3OS/c1-13(2)12(17)15(3)5-6-16(13)11(8-14)10-4-7-18-9-10/h4,7,9,11H,5-6,8,14H2,1-3H3. The van der Waals surface area contributed by atoms with Gasteiger partial charge in [0.15, 0.2) is 0 Å². The SMILES string of the molecule is CN1CCN(C(CN)c2ccsc2)C(C)(C)C1=O. The Morgan fingerprint density at radius 1 is 1.50 bits per heavy atom. The maximum atomic E-state index is 12.3. The number of carbonyl (C=O) groups excluding carboxylic acids is 1. The summed E-state index contributed by atoms with van der Waals surface area (Å²) in [4.78, 5) is 16.3. The van der Waals surface area contributed by atoms with Gasteiger partial charge in [0.1, 0.15) is 0 Å². The van der Waals surface area contributed by atoms with Crippen LogP contribution in [0.3, 0.4) is 0 Å². The Labute approximate surface area is 112 Å². The molecule has 2 rings (SSSR count). The summed E-state index contributed by atoms with van der Waals surface area (Å²) in [7, 11) is 1.86. The second kappa shape index (κ2) is 4.99. The van der Waals surface area contributed by atoms with Crippen LogP contribution >= 0.6 is 11.3 Å². The lowest BCUT2D eigenvalue weighted by Gasteiger charge is -2.48. The van der Waals surface area contributed by atoms with Crippen LogP contribution in [0, 0.1) is 0 Å². The third kappa shape index (κ3) is 2.18. The molecule has 0 saturated carbocycles. The van der Waals surface area contributed by atoms with Gasteiger partial charge in [-0.1, -0.05) is 0 Å². The van der Waals surface area contributed by atoms with Crippen LogP contribution in [0.1, 0.15) is 25.5 Å². The summed E-state index contributed by atoms with van der Waals surface area (Å²) >= 11 is 1.67. The normalized spacial score (nSPS) is 22.2. The van der Waals surface area contributed by atoms with Crippen molar-refractivity contribution in [3.63, 3.8) is 0 Å². The van der Waals surface area contributed by atoms with Crippen molar-refractivity contribution in [3.05, 3.63) is 22.4 Å². The molecule has 1 amide bonds. The minimum Gasteiger partial charge on any atom is -0.343 e. The van der Waals surface area contributed by atoms with E-state index in [2.05, 4.69) is 21.7 Å². The monoisotopic (exact) mass is 267 g/mol. The van der Waals surface area contributed by atoms with Crippen LogP contribution in [0.5, 0.6) is 0 Å². The molecular weight excluding hydrogens is 246 g/mol. The zero-order chi connectivity index (χ0) is 13.3. The molecule has 1 atom stereocenters. The third-order valence-corrected chi connectivity index (χ3v) is 4.49. The number of nitrogens with two attached hydrogens (primary N) is 1. The number of hydrogen-bond acceptors (Lipinski definition) is 4. The Morgan fingerprint density at radius 3 is 2.78 bits per heavy atom. The first kappa shape index (κ1) is 13.5. The molecule has 0 aliphatic carbocycles. The van der Waals surface area contributed by atoms with Gasteiger partial charge in [0.2, 0.25) is 5.91 Å². The molecule has 5 heteroatoms. The van der Waals surface area contributed by atoms with Crippen LogP contribution < -0.4 is 5.73 Å². The first-order valence-corrected chi connectivity index (χ1v) is 7.17. The largest absolute Gasteiger partial charge is 0.343 e. The van der Waals surface area contributed by atoms with Crippen LogP contribution in [0.4, 0.5) is 0 Å². The quantitative estimate of drug-likeness (QED) is 0.898. The van der Waals surface area contributed by atoms with Crippen molar-refractivity contribution in [1.82, 2.24) is 9.80 Å². The van der Waals surface area contributed by atoms with Gasteiger partial charge in [0, 0.05) is 32.7 Å². The number of amides is 1. The highest BCUT2D eigenvalue weighted by Crippen LogP contribution is 2.32. The number of likely N-dealkylation sites (N-methyl/N-ethyl adjacent to an activating group) is 1. The molecule has 1 unspecified atom stereocenters. The van der Waals surface area contributed by atoms with Gasteiger partial charge in [-0.15, -0.1) is 0 Å². The predicted molar refractivity (Wildman–Crippen MR) is 74.5 cm³/mol. The van der Waals surface area contributed by atoms with E-state index in [9.17, 15) is 4.79 Å². The minimum atomic E-state index is -0.487. The fourth-order valence-corrected chi connectivity index (χ4v) is 3.39. The number of piperazine rings is 1. The molecule has 100 valence electrons. The van der Waals surface area contributed by atoms with Crippen LogP contribution in [-0.2, 0) is 4.79 Å². The van der Waals surface area contributed by atoms with Crippen molar-refractivity contribution >= 4 is 17.2 Å². The van der Waals surface area contributed by atoms with Crippen molar-refractivity contribution in [2.45, 2.75) is 25.4 Å². The molecule has 18 heavy (non-hydrogen) atoms. The highest BCUT2D eigenvalue weighted by atomic mass is 32.1. The van der Waals surface area contributed by atoms with E-state index in [1.165, 1.54) is 5.56 Å². The highest BCUT2D eigenvalue weighted by Gasteiger charge is 2.43. The van der Waals surface area contributed by atoms with Crippen molar-refractivity contribution in [1.29, 1.82) is 0 Å². The average molecular weight is 267 g/mol. The summed E-state index contributed by atoms with van der Waals surface area (Å²) in [6, 6.07) is 2.23. The number of nitrogens with zero attached hydrogens (tertiary/aromatic N) is 2. The van der Waals surface area contributed by atoms with Gasteiger partial charge in [-0.3, -0.25) is 9.69 Å². The Morgan fingerprint density at radius 2 is 2.22 bits per heavy atom. The van der Waals surface area contributed by atoms with Gasteiger partial charge >= 0.3 is 0 Å². The van der Waals surface area contributed by atoms with Gasteiger partial charge in [0.05, 0.1) is 5.54 Å². The summed E-state index contributed by atoms with van der Waals surface area (Å²) in [5.74, 6) is 0.169. The Kier molecular flexibility index (Phi) is 3.75. The van der Waals surface area contributed by atoms with E-state index in [0.717, 1.165) is 13.1 Å². The van der Waals surface area contributed by atoms with Gasteiger partial charge in [0.25, 0.3) is 0 Å². The Hall–Kier alpha value is -0.910.